The molecule has 76 valence electrons. The third-order valence-electron chi connectivity index (χ3n) is 2.04. The number of hydrogen-bond acceptors (Lipinski definition) is 2. The van der Waals surface area contributed by atoms with Gasteiger partial charge in [0, 0.05) is 0 Å². The van der Waals surface area contributed by atoms with Crippen molar-refractivity contribution in [3.05, 3.63) is 42.0 Å². The van der Waals surface area contributed by atoms with Crippen LogP contribution in [0.1, 0.15) is 31.4 Å². The van der Waals surface area contributed by atoms with Crippen LogP contribution >= 0.6 is 0 Å². The number of phenolic OH excluding ortho intramolecular Hbond substituents is 1. The molecule has 0 saturated carbocycles. The van der Waals surface area contributed by atoms with Gasteiger partial charge < -0.3 is 10.2 Å². The Hall–Kier alpha value is -1.28. The monoisotopic (exact) mass is 192 g/mol. The Kier molecular flexibility index (Phi) is 4.20. The van der Waals surface area contributed by atoms with E-state index < -0.39 is 6.10 Å². The Balaban J connectivity index is 2.56. The molecule has 0 fully saturated rings. The Labute approximate surface area is 84.5 Å². The van der Waals surface area contributed by atoms with Gasteiger partial charge in [-0.25, -0.2) is 0 Å². The number of hydrogen-bond donors (Lipinski definition) is 2. The van der Waals surface area contributed by atoms with Crippen LogP contribution in [0.4, 0.5) is 0 Å². The predicted molar refractivity (Wildman–Crippen MR) is 57.1 cm³/mol. The summed E-state index contributed by atoms with van der Waals surface area (Å²) in [5.41, 5.74) is 0.837. The molecule has 0 heterocycles. The molecular formula is C12H16O2. The molecule has 0 aliphatic carbocycles. The molecule has 1 atom stereocenters. The Bertz CT molecular complexity index is 288. The minimum atomic E-state index is -0.474. The van der Waals surface area contributed by atoms with Gasteiger partial charge in [-0.2, -0.15) is 0 Å². The van der Waals surface area contributed by atoms with Crippen molar-refractivity contribution < 1.29 is 10.2 Å². The van der Waals surface area contributed by atoms with Gasteiger partial charge in [-0.1, -0.05) is 31.2 Å². The van der Waals surface area contributed by atoms with Gasteiger partial charge in [0.15, 0.2) is 0 Å². The molecule has 0 bridgehead atoms. The number of aromatic hydroxyl groups is 1. The molecule has 0 aromatic heterocycles. The average Bonchev–Trinajstić information content (AvgIpc) is 2.19. The molecule has 0 amide bonds. The Morgan fingerprint density at radius 1 is 1.21 bits per heavy atom. The molecular weight excluding hydrogens is 176 g/mol. The maximum Gasteiger partial charge on any atom is 0.115 e. The summed E-state index contributed by atoms with van der Waals surface area (Å²) in [4.78, 5) is 0. The van der Waals surface area contributed by atoms with E-state index in [2.05, 4.69) is 6.92 Å². The molecule has 1 aromatic rings. The normalized spacial score (nSPS) is 13.3. The first-order chi connectivity index (χ1) is 6.74. The minimum Gasteiger partial charge on any atom is -0.508 e. The molecule has 2 N–H and O–H groups in total. The third kappa shape index (κ3) is 3.23. The number of benzene rings is 1. The molecule has 14 heavy (non-hydrogen) atoms. The van der Waals surface area contributed by atoms with Crippen LogP contribution in [0.5, 0.6) is 5.75 Å². The van der Waals surface area contributed by atoms with E-state index >= 15 is 0 Å². The van der Waals surface area contributed by atoms with Gasteiger partial charge in [-0.15, -0.1) is 0 Å². The highest BCUT2D eigenvalue weighted by Gasteiger charge is 2.04. The van der Waals surface area contributed by atoms with Gasteiger partial charge >= 0.3 is 0 Å². The number of rotatable bonds is 4. The maximum absolute atomic E-state index is 9.71. The Morgan fingerprint density at radius 3 is 2.43 bits per heavy atom. The average molecular weight is 192 g/mol. The van der Waals surface area contributed by atoms with Crippen LogP contribution in [0.3, 0.4) is 0 Å². The van der Waals surface area contributed by atoms with Gasteiger partial charge in [0.05, 0.1) is 6.10 Å². The molecule has 2 nitrogen and oxygen atoms in total. The number of phenols is 1. The lowest BCUT2D eigenvalue weighted by Gasteiger charge is -2.07. The zero-order valence-electron chi connectivity index (χ0n) is 8.35. The molecule has 1 rings (SSSR count). The van der Waals surface area contributed by atoms with E-state index in [0.29, 0.717) is 6.42 Å². The van der Waals surface area contributed by atoms with E-state index in [1.807, 2.05) is 12.2 Å². The number of aliphatic hydroxyl groups is 1. The van der Waals surface area contributed by atoms with E-state index in [0.717, 1.165) is 12.0 Å². The van der Waals surface area contributed by atoms with Crippen molar-refractivity contribution >= 4 is 0 Å². The Morgan fingerprint density at radius 2 is 1.86 bits per heavy atom. The van der Waals surface area contributed by atoms with Crippen LogP contribution in [0.2, 0.25) is 0 Å². The second-order valence-electron chi connectivity index (χ2n) is 3.22. The van der Waals surface area contributed by atoms with Crippen LogP contribution in [0, 0.1) is 0 Å². The maximum atomic E-state index is 9.71. The molecule has 0 saturated heterocycles. The smallest absolute Gasteiger partial charge is 0.115 e. The highest BCUT2D eigenvalue weighted by atomic mass is 16.3. The highest BCUT2D eigenvalue weighted by Crippen LogP contribution is 2.19. The topological polar surface area (TPSA) is 40.5 Å². The van der Waals surface area contributed by atoms with Gasteiger partial charge in [0.2, 0.25) is 0 Å². The lowest BCUT2D eigenvalue weighted by atomic mass is 10.1. The summed E-state index contributed by atoms with van der Waals surface area (Å²) in [6.45, 7) is 2.06. The largest absolute Gasteiger partial charge is 0.508 e. The third-order valence-corrected chi connectivity index (χ3v) is 2.04. The number of allylic oxidation sites excluding steroid dienone is 1. The molecule has 1 aromatic carbocycles. The van der Waals surface area contributed by atoms with Crippen LogP contribution in [-0.4, -0.2) is 10.2 Å². The van der Waals surface area contributed by atoms with E-state index in [1.54, 1.807) is 24.3 Å². The fourth-order valence-corrected chi connectivity index (χ4v) is 1.22. The fourth-order valence-electron chi connectivity index (χ4n) is 1.22. The SMILES string of the molecule is CCC=CCC(O)c1ccc(O)cc1. The van der Waals surface area contributed by atoms with Crippen molar-refractivity contribution in [2.24, 2.45) is 0 Å². The first kappa shape index (κ1) is 10.8. The zero-order valence-corrected chi connectivity index (χ0v) is 8.35. The summed E-state index contributed by atoms with van der Waals surface area (Å²) >= 11 is 0. The number of aliphatic hydroxyl groups excluding tert-OH is 1. The zero-order chi connectivity index (χ0) is 10.4. The summed E-state index contributed by atoms with van der Waals surface area (Å²) in [5, 5.41) is 18.8. The fraction of sp³-hybridized carbons (Fsp3) is 0.333. The van der Waals surface area contributed by atoms with Crippen molar-refractivity contribution in [1.82, 2.24) is 0 Å². The molecule has 0 aliphatic heterocycles. The van der Waals surface area contributed by atoms with Crippen molar-refractivity contribution in [2.45, 2.75) is 25.9 Å². The first-order valence-corrected chi connectivity index (χ1v) is 4.86. The molecule has 0 spiro atoms. The van der Waals surface area contributed by atoms with Gasteiger partial charge in [0.1, 0.15) is 5.75 Å². The first-order valence-electron chi connectivity index (χ1n) is 4.86. The van der Waals surface area contributed by atoms with Crippen LogP contribution in [-0.2, 0) is 0 Å². The van der Waals surface area contributed by atoms with Crippen molar-refractivity contribution in [2.75, 3.05) is 0 Å². The van der Waals surface area contributed by atoms with Gasteiger partial charge in [0.25, 0.3) is 0 Å². The summed E-state index contributed by atoms with van der Waals surface area (Å²) in [6.07, 6.45) is 5.14. The lowest BCUT2D eigenvalue weighted by Crippen LogP contribution is -1.94. The van der Waals surface area contributed by atoms with Crippen molar-refractivity contribution in [1.29, 1.82) is 0 Å². The van der Waals surface area contributed by atoms with Crippen molar-refractivity contribution in [3.8, 4) is 5.75 Å². The summed E-state index contributed by atoms with van der Waals surface area (Å²) < 4.78 is 0. The van der Waals surface area contributed by atoms with E-state index in [9.17, 15) is 5.11 Å². The van der Waals surface area contributed by atoms with Crippen molar-refractivity contribution in [3.63, 3.8) is 0 Å². The summed E-state index contributed by atoms with van der Waals surface area (Å²) in [7, 11) is 0. The summed E-state index contributed by atoms with van der Waals surface area (Å²) in [5.74, 6) is 0.227. The second kappa shape index (κ2) is 5.45. The molecule has 1 unspecified atom stereocenters. The van der Waals surface area contributed by atoms with E-state index in [1.165, 1.54) is 0 Å². The standard InChI is InChI=1S/C12H16O2/c1-2-3-4-5-12(14)10-6-8-11(13)9-7-10/h3-4,6-9,12-14H,2,5H2,1H3. The summed E-state index contributed by atoms with van der Waals surface area (Å²) in [6, 6.07) is 6.64. The van der Waals surface area contributed by atoms with Crippen LogP contribution in [0.25, 0.3) is 0 Å². The van der Waals surface area contributed by atoms with Crippen LogP contribution < -0.4 is 0 Å². The minimum absolute atomic E-state index is 0.227. The lowest BCUT2D eigenvalue weighted by molar-refractivity contribution is 0.181. The quantitative estimate of drug-likeness (QED) is 0.720. The van der Waals surface area contributed by atoms with Gasteiger partial charge in [-0.05, 0) is 30.5 Å². The second-order valence-corrected chi connectivity index (χ2v) is 3.22. The van der Waals surface area contributed by atoms with E-state index in [-0.39, 0.29) is 5.75 Å². The predicted octanol–water partition coefficient (Wildman–Crippen LogP) is 2.78. The molecule has 2 heteroatoms. The van der Waals surface area contributed by atoms with Gasteiger partial charge in [-0.3, -0.25) is 0 Å². The van der Waals surface area contributed by atoms with E-state index in [4.69, 9.17) is 5.11 Å². The molecule has 0 radical (unpaired) electrons. The van der Waals surface area contributed by atoms with Crippen LogP contribution in [0.15, 0.2) is 36.4 Å². The highest BCUT2D eigenvalue weighted by molar-refractivity contribution is 5.27. The molecule has 0 aliphatic rings.